The van der Waals surface area contributed by atoms with Gasteiger partial charge in [0.2, 0.25) is 5.82 Å². The molecule has 0 bridgehead atoms. The maximum Gasteiger partial charge on any atom is 0.451 e. The molecule has 0 saturated heterocycles. The molecule has 1 heterocycles. The van der Waals surface area contributed by atoms with Crippen LogP contribution in [0.1, 0.15) is 24.4 Å². The number of rotatable bonds is 3. The molecule has 130 valence electrons. The van der Waals surface area contributed by atoms with Gasteiger partial charge in [0.1, 0.15) is 17.5 Å². The predicted molar refractivity (Wildman–Crippen MR) is 82.9 cm³/mol. The number of hydrogen-bond acceptors (Lipinski definition) is 3. The van der Waals surface area contributed by atoms with E-state index in [2.05, 4.69) is 15.3 Å². The summed E-state index contributed by atoms with van der Waals surface area (Å²) in [6.45, 7) is 1.54. The molecule has 8 heteroatoms. The van der Waals surface area contributed by atoms with Crippen molar-refractivity contribution in [3.63, 3.8) is 0 Å². The molecule has 0 fully saturated rings. The highest BCUT2D eigenvalue weighted by atomic mass is 19.4. The summed E-state index contributed by atoms with van der Waals surface area (Å²) >= 11 is 0. The van der Waals surface area contributed by atoms with Crippen LogP contribution >= 0.6 is 0 Å². The van der Waals surface area contributed by atoms with E-state index in [4.69, 9.17) is 0 Å². The topological polar surface area (TPSA) is 37.8 Å². The third-order valence-electron chi connectivity index (χ3n) is 3.64. The van der Waals surface area contributed by atoms with E-state index in [9.17, 15) is 22.0 Å². The van der Waals surface area contributed by atoms with Crippen LogP contribution in [0.5, 0.6) is 0 Å². The first-order valence-electron chi connectivity index (χ1n) is 7.31. The minimum atomic E-state index is -4.72. The lowest BCUT2D eigenvalue weighted by molar-refractivity contribution is -0.144. The molecule has 3 aromatic rings. The lowest BCUT2D eigenvalue weighted by Crippen LogP contribution is -2.16. The molecule has 0 spiro atoms. The standard InChI is InChI=1S/C17H12F5N3/c1-9(11-7-6-10(18)8-13(11)19)23-15-12-4-2-3-5-14(12)24-16(25-15)17(20,21)22/h2-9H,1H3,(H,23,24,25). The average molecular weight is 353 g/mol. The fourth-order valence-corrected chi connectivity index (χ4v) is 2.45. The van der Waals surface area contributed by atoms with Crippen LogP contribution in [0, 0.1) is 11.6 Å². The van der Waals surface area contributed by atoms with E-state index in [-0.39, 0.29) is 16.9 Å². The van der Waals surface area contributed by atoms with Gasteiger partial charge in [-0.15, -0.1) is 0 Å². The molecule has 0 aliphatic carbocycles. The summed E-state index contributed by atoms with van der Waals surface area (Å²) in [6.07, 6.45) is -4.72. The van der Waals surface area contributed by atoms with Crippen LogP contribution in [0.2, 0.25) is 0 Å². The maximum atomic E-state index is 13.9. The van der Waals surface area contributed by atoms with Crippen molar-refractivity contribution in [2.45, 2.75) is 19.1 Å². The molecule has 0 radical (unpaired) electrons. The van der Waals surface area contributed by atoms with Gasteiger partial charge in [0.05, 0.1) is 11.6 Å². The minimum absolute atomic E-state index is 0.0749. The second-order valence-corrected chi connectivity index (χ2v) is 5.44. The summed E-state index contributed by atoms with van der Waals surface area (Å²) in [5.74, 6) is -2.90. The fraction of sp³-hybridized carbons (Fsp3) is 0.176. The van der Waals surface area contributed by atoms with Crippen LogP contribution in [0.4, 0.5) is 27.8 Å². The zero-order chi connectivity index (χ0) is 18.2. The Morgan fingerprint density at radius 1 is 1.00 bits per heavy atom. The lowest BCUT2D eigenvalue weighted by atomic mass is 10.1. The van der Waals surface area contributed by atoms with Gasteiger partial charge in [-0.2, -0.15) is 13.2 Å². The first-order chi connectivity index (χ1) is 11.8. The Kier molecular flexibility index (Phi) is 4.28. The van der Waals surface area contributed by atoms with Crippen LogP contribution in [0.25, 0.3) is 10.9 Å². The highest BCUT2D eigenvalue weighted by molar-refractivity contribution is 5.89. The number of alkyl halides is 3. The summed E-state index contributed by atoms with van der Waals surface area (Å²) < 4.78 is 65.9. The van der Waals surface area contributed by atoms with Gasteiger partial charge in [0, 0.05) is 17.0 Å². The van der Waals surface area contributed by atoms with E-state index < -0.39 is 29.7 Å². The Morgan fingerprint density at radius 2 is 1.72 bits per heavy atom. The van der Waals surface area contributed by atoms with Gasteiger partial charge < -0.3 is 5.32 Å². The van der Waals surface area contributed by atoms with Gasteiger partial charge in [-0.05, 0) is 25.1 Å². The van der Waals surface area contributed by atoms with E-state index in [1.807, 2.05) is 0 Å². The van der Waals surface area contributed by atoms with Gasteiger partial charge in [-0.25, -0.2) is 18.7 Å². The van der Waals surface area contributed by atoms with Crippen molar-refractivity contribution in [2.75, 3.05) is 5.32 Å². The third-order valence-corrected chi connectivity index (χ3v) is 3.64. The van der Waals surface area contributed by atoms with Crippen molar-refractivity contribution < 1.29 is 22.0 Å². The summed E-state index contributed by atoms with van der Waals surface area (Å²) in [5, 5.41) is 3.13. The van der Waals surface area contributed by atoms with Gasteiger partial charge in [-0.1, -0.05) is 18.2 Å². The molecule has 3 rings (SSSR count). The zero-order valence-corrected chi connectivity index (χ0v) is 12.9. The second kappa shape index (κ2) is 6.27. The summed E-state index contributed by atoms with van der Waals surface area (Å²) in [6, 6.07) is 8.47. The van der Waals surface area contributed by atoms with E-state index in [0.717, 1.165) is 6.07 Å². The molecule has 0 aliphatic rings. The van der Waals surface area contributed by atoms with E-state index >= 15 is 0 Å². The summed E-state index contributed by atoms with van der Waals surface area (Å²) in [4.78, 5) is 7.06. The van der Waals surface area contributed by atoms with Gasteiger partial charge in [0.25, 0.3) is 0 Å². The number of para-hydroxylation sites is 1. The van der Waals surface area contributed by atoms with Crippen LogP contribution in [-0.2, 0) is 6.18 Å². The van der Waals surface area contributed by atoms with Crippen LogP contribution in [-0.4, -0.2) is 9.97 Å². The number of anilines is 1. The third kappa shape index (κ3) is 3.52. The van der Waals surface area contributed by atoms with Gasteiger partial charge >= 0.3 is 6.18 Å². The van der Waals surface area contributed by atoms with E-state index in [0.29, 0.717) is 11.5 Å². The molecular weight excluding hydrogens is 341 g/mol. The average Bonchev–Trinajstić information content (AvgIpc) is 2.53. The van der Waals surface area contributed by atoms with Crippen LogP contribution < -0.4 is 5.32 Å². The maximum absolute atomic E-state index is 13.9. The minimum Gasteiger partial charge on any atom is -0.363 e. The fourth-order valence-electron chi connectivity index (χ4n) is 2.45. The number of hydrogen-bond donors (Lipinski definition) is 1. The number of benzene rings is 2. The van der Waals surface area contributed by atoms with Crippen molar-refractivity contribution in [1.29, 1.82) is 0 Å². The molecule has 1 unspecified atom stereocenters. The van der Waals surface area contributed by atoms with Crippen molar-refractivity contribution >= 4 is 16.7 Å². The number of halogens is 5. The number of aromatic nitrogens is 2. The monoisotopic (exact) mass is 353 g/mol. The zero-order valence-electron chi connectivity index (χ0n) is 12.9. The number of nitrogens with one attached hydrogen (secondary N) is 1. The summed E-state index contributed by atoms with van der Waals surface area (Å²) in [5.41, 5.74) is 0.219. The first kappa shape index (κ1) is 17.1. The lowest BCUT2D eigenvalue weighted by Gasteiger charge is -2.18. The quantitative estimate of drug-likeness (QED) is 0.666. The van der Waals surface area contributed by atoms with Gasteiger partial charge in [0.15, 0.2) is 0 Å². The Bertz CT molecular complexity index is 924. The van der Waals surface area contributed by atoms with Crippen molar-refractivity contribution in [1.82, 2.24) is 9.97 Å². The Morgan fingerprint density at radius 3 is 2.40 bits per heavy atom. The Labute approximate surface area is 139 Å². The van der Waals surface area contributed by atoms with E-state index in [1.54, 1.807) is 25.1 Å². The molecule has 0 saturated carbocycles. The normalized spacial score (nSPS) is 13.0. The SMILES string of the molecule is CC(Nc1nc(C(F)(F)F)nc2ccccc12)c1ccc(F)cc1F. The molecule has 2 aromatic carbocycles. The predicted octanol–water partition coefficient (Wildman–Crippen LogP) is 5.10. The summed E-state index contributed by atoms with van der Waals surface area (Å²) in [7, 11) is 0. The molecule has 25 heavy (non-hydrogen) atoms. The Hall–Kier alpha value is -2.77. The molecule has 1 aromatic heterocycles. The van der Waals surface area contributed by atoms with Gasteiger partial charge in [-0.3, -0.25) is 0 Å². The molecule has 1 N–H and O–H groups in total. The number of nitrogens with zero attached hydrogens (tertiary/aromatic N) is 2. The molecule has 0 aliphatic heterocycles. The first-order valence-corrected chi connectivity index (χ1v) is 7.31. The highest BCUT2D eigenvalue weighted by Crippen LogP contribution is 2.32. The van der Waals surface area contributed by atoms with Crippen molar-refractivity contribution in [2.24, 2.45) is 0 Å². The van der Waals surface area contributed by atoms with Crippen molar-refractivity contribution in [3.05, 3.63) is 65.5 Å². The van der Waals surface area contributed by atoms with Crippen molar-refractivity contribution in [3.8, 4) is 0 Å². The highest BCUT2D eigenvalue weighted by Gasteiger charge is 2.35. The molecular formula is C17H12F5N3. The van der Waals surface area contributed by atoms with Crippen LogP contribution in [0.3, 0.4) is 0 Å². The number of fused-ring (bicyclic) bond motifs is 1. The van der Waals surface area contributed by atoms with Crippen LogP contribution in [0.15, 0.2) is 42.5 Å². The molecule has 1 atom stereocenters. The Balaban J connectivity index is 2.05. The largest absolute Gasteiger partial charge is 0.451 e. The molecule has 3 nitrogen and oxygen atoms in total. The van der Waals surface area contributed by atoms with E-state index in [1.165, 1.54) is 12.1 Å². The smallest absolute Gasteiger partial charge is 0.363 e. The molecule has 0 amide bonds. The second-order valence-electron chi connectivity index (χ2n) is 5.44.